The van der Waals surface area contributed by atoms with Crippen LogP contribution in [0.15, 0.2) is 21.5 Å². The lowest BCUT2D eigenvalue weighted by Crippen LogP contribution is -2.29. The van der Waals surface area contributed by atoms with E-state index in [1.165, 1.54) is 16.9 Å². The van der Waals surface area contributed by atoms with E-state index in [1.54, 1.807) is 13.2 Å². The highest BCUT2D eigenvalue weighted by molar-refractivity contribution is 9.11. The van der Waals surface area contributed by atoms with E-state index in [2.05, 4.69) is 32.6 Å². The van der Waals surface area contributed by atoms with Crippen LogP contribution in [-0.4, -0.2) is 32.7 Å². The molecule has 6 heteroatoms. The highest BCUT2D eigenvalue weighted by atomic mass is 79.9. The Hall–Kier alpha value is -0.850. The number of amides is 1. The van der Waals surface area contributed by atoms with Crippen molar-refractivity contribution in [3.8, 4) is 5.75 Å². The fourth-order valence-electron chi connectivity index (χ4n) is 1.71. The molecule has 2 N–H and O–H groups in total. The Morgan fingerprint density at radius 2 is 2.50 bits per heavy atom. The van der Waals surface area contributed by atoms with Crippen molar-refractivity contribution in [1.29, 1.82) is 0 Å². The summed E-state index contributed by atoms with van der Waals surface area (Å²) in [7, 11) is 1.59. The molecule has 0 spiro atoms. The second-order valence-corrected chi connectivity index (χ2v) is 6.32. The summed E-state index contributed by atoms with van der Waals surface area (Å²) in [5.74, 6) is 0.648. The summed E-state index contributed by atoms with van der Waals surface area (Å²) in [6.07, 6.45) is 3.13. The van der Waals surface area contributed by atoms with Gasteiger partial charge in [0, 0.05) is 19.2 Å². The third-order valence-electron chi connectivity index (χ3n) is 2.73. The third kappa shape index (κ3) is 3.34. The molecule has 0 bridgehead atoms. The summed E-state index contributed by atoms with van der Waals surface area (Å²) in [5, 5.41) is 6.18. The zero-order valence-electron chi connectivity index (χ0n) is 10.1. The van der Waals surface area contributed by atoms with Crippen LogP contribution in [0.4, 0.5) is 0 Å². The molecule has 0 fully saturated rings. The van der Waals surface area contributed by atoms with Crippen molar-refractivity contribution in [3.05, 3.63) is 26.4 Å². The lowest BCUT2D eigenvalue weighted by atomic mass is 10.1. The molecule has 0 saturated heterocycles. The van der Waals surface area contributed by atoms with Gasteiger partial charge in [-0.15, -0.1) is 11.3 Å². The molecule has 1 aromatic rings. The Morgan fingerprint density at radius 3 is 3.11 bits per heavy atom. The second-order valence-electron chi connectivity index (χ2n) is 3.95. The Bertz CT molecular complexity index is 471. The average molecular weight is 331 g/mol. The molecule has 0 unspecified atom stereocenters. The van der Waals surface area contributed by atoms with Gasteiger partial charge in [0.15, 0.2) is 0 Å². The lowest BCUT2D eigenvalue weighted by molar-refractivity contribution is 0.0960. The van der Waals surface area contributed by atoms with Gasteiger partial charge >= 0.3 is 0 Å². The Morgan fingerprint density at radius 1 is 1.67 bits per heavy atom. The van der Waals surface area contributed by atoms with Crippen LogP contribution < -0.4 is 15.4 Å². The van der Waals surface area contributed by atoms with E-state index in [4.69, 9.17) is 4.74 Å². The molecule has 1 aromatic heterocycles. The maximum Gasteiger partial charge on any atom is 0.261 e. The molecular formula is C12H15BrN2O2S. The third-order valence-corrected chi connectivity index (χ3v) is 4.51. The van der Waals surface area contributed by atoms with E-state index in [-0.39, 0.29) is 5.91 Å². The summed E-state index contributed by atoms with van der Waals surface area (Å²) >= 11 is 4.75. The summed E-state index contributed by atoms with van der Waals surface area (Å²) < 4.78 is 5.98. The number of hydrogen-bond acceptors (Lipinski definition) is 4. The maximum absolute atomic E-state index is 11.9. The maximum atomic E-state index is 11.9. The predicted molar refractivity (Wildman–Crippen MR) is 76.5 cm³/mol. The van der Waals surface area contributed by atoms with Crippen LogP contribution in [0.3, 0.4) is 0 Å². The number of rotatable bonds is 4. The monoisotopic (exact) mass is 330 g/mol. The Kier molecular flexibility index (Phi) is 4.79. The molecular weight excluding hydrogens is 316 g/mol. The van der Waals surface area contributed by atoms with Gasteiger partial charge in [-0.25, -0.2) is 0 Å². The van der Waals surface area contributed by atoms with Gasteiger partial charge in [-0.3, -0.25) is 4.79 Å². The van der Waals surface area contributed by atoms with E-state index in [1.807, 2.05) is 0 Å². The fraction of sp³-hybridized carbons (Fsp3) is 0.417. The molecule has 98 valence electrons. The first-order valence-electron chi connectivity index (χ1n) is 5.71. The SMILES string of the molecule is COc1cc(C(=O)NCC2=CCNCC2)sc1Br. The first kappa shape index (κ1) is 13.6. The summed E-state index contributed by atoms with van der Waals surface area (Å²) in [4.78, 5) is 12.6. The molecule has 2 heterocycles. The molecule has 0 saturated carbocycles. The topological polar surface area (TPSA) is 50.4 Å². The summed E-state index contributed by atoms with van der Waals surface area (Å²) in [6.45, 7) is 2.50. The number of carbonyl (C=O) groups excluding carboxylic acids is 1. The number of hydrogen-bond donors (Lipinski definition) is 2. The normalized spacial score (nSPS) is 15.1. The van der Waals surface area contributed by atoms with Crippen LogP contribution in [0.25, 0.3) is 0 Å². The molecule has 1 amide bonds. The Balaban J connectivity index is 1.92. The van der Waals surface area contributed by atoms with Gasteiger partial charge in [0.2, 0.25) is 0 Å². The zero-order chi connectivity index (χ0) is 13.0. The van der Waals surface area contributed by atoms with Crippen LogP contribution in [0.1, 0.15) is 16.1 Å². The number of methoxy groups -OCH3 is 1. The fourth-order valence-corrected chi connectivity index (χ4v) is 3.28. The van der Waals surface area contributed by atoms with E-state index in [9.17, 15) is 4.79 Å². The Labute approximate surface area is 119 Å². The number of ether oxygens (including phenoxy) is 1. The number of nitrogens with one attached hydrogen (secondary N) is 2. The van der Waals surface area contributed by atoms with Crippen molar-refractivity contribution in [2.24, 2.45) is 0 Å². The van der Waals surface area contributed by atoms with Crippen molar-refractivity contribution < 1.29 is 9.53 Å². The standard InChI is InChI=1S/C12H15BrN2O2S/c1-17-9-6-10(18-11(9)13)12(16)15-7-8-2-4-14-5-3-8/h2,6,14H,3-5,7H2,1H3,(H,15,16). The second kappa shape index (κ2) is 6.36. The minimum atomic E-state index is -0.0524. The molecule has 0 radical (unpaired) electrons. The van der Waals surface area contributed by atoms with Gasteiger partial charge in [-0.2, -0.15) is 0 Å². The molecule has 4 nitrogen and oxygen atoms in total. The van der Waals surface area contributed by atoms with E-state index in [0.717, 1.165) is 23.3 Å². The van der Waals surface area contributed by atoms with E-state index < -0.39 is 0 Å². The van der Waals surface area contributed by atoms with Crippen molar-refractivity contribution in [1.82, 2.24) is 10.6 Å². The summed E-state index contributed by atoms with van der Waals surface area (Å²) in [5.41, 5.74) is 1.28. The van der Waals surface area contributed by atoms with Gasteiger partial charge in [0.05, 0.1) is 12.0 Å². The molecule has 2 rings (SSSR count). The van der Waals surface area contributed by atoms with Gasteiger partial charge < -0.3 is 15.4 Å². The van der Waals surface area contributed by atoms with Gasteiger partial charge in [-0.1, -0.05) is 11.6 Å². The van der Waals surface area contributed by atoms with Crippen LogP contribution in [0.5, 0.6) is 5.75 Å². The van der Waals surface area contributed by atoms with Crippen molar-refractivity contribution in [2.75, 3.05) is 26.7 Å². The number of carbonyl (C=O) groups is 1. The molecule has 0 aromatic carbocycles. The molecule has 18 heavy (non-hydrogen) atoms. The van der Waals surface area contributed by atoms with Gasteiger partial charge in [0.25, 0.3) is 5.91 Å². The smallest absolute Gasteiger partial charge is 0.261 e. The van der Waals surface area contributed by atoms with Crippen molar-refractivity contribution in [2.45, 2.75) is 6.42 Å². The van der Waals surface area contributed by atoms with Crippen molar-refractivity contribution >= 4 is 33.2 Å². The lowest BCUT2D eigenvalue weighted by Gasteiger charge is -2.14. The first-order valence-corrected chi connectivity index (χ1v) is 7.32. The van der Waals surface area contributed by atoms with Crippen LogP contribution in [0, 0.1) is 0 Å². The number of halogens is 1. The van der Waals surface area contributed by atoms with Crippen LogP contribution >= 0.6 is 27.3 Å². The van der Waals surface area contributed by atoms with Crippen LogP contribution in [0.2, 0.25) is 0 Å². The minimum Gasteiger partial charge on any atom is -0.495 e. The van der Waals surface area contributed by atoms with E-state index in [0.29, 0.717) is 17.2 Å². The first-order chi connectivity index (χ1) is 8.70. The van der Waals surface area contributed by atoms with E-state index >= 15 is 0 Å². The minimum absolute atomic E-state index is 0.0524. The highest BCUT2D eigenvalue weighted by Gasteiger charge is 2.14. The van der Waals surface area contributed by atoms with Gasteiger partial charge in [0.1, 0.15) is 9.54 Å². The number of thiophene rings is 1. The average Bonchev–Trinajstić information content (AvgIpc) is 2.78. The molecule has 0 aliphatic carbocycles. The van der Waals surface area contributed by atoms with Gasteiger partial charge in [-0.05, 0) is 28.9 Å². The zero-order valence-corrected chi connectivity index (χ0v) is 12.5. The quantitative estimate of drug-likeness (QED) is 0.832. The van der Waals surface area contributed by atoms with Crippen LogP contribution in [-0.2, 0) is 0 Å². The molecule has 1 aliphatic heterocycles. The highest BCUT2D eigenvalue weighted by Crippen LogP contribution is 2.34. The molecule has 1 aliphatic rings. The van der Waals surface area contributed by atoms with Crippen molar-refractivity contribution in [3.63, 3.8) is 0 Å². The predicted octanol–water partition coefficient (Wildman–Crippen LogP) is 2.17. The summed E-state index contributed by atoms with van der Waals surface area (Å²) in [6, 6.07) is 1.75. The molecule has 0 atom stereocenters. The largest absolute Gasteiger partial charge is 0.495 e.